The van der Waals surface area contributed by atoms with Crippen LogP contribution in [0.1, 0.15) is 5.82 Å². The first kappa shape index (κ1) is 14.5. The number of rotatable bonds is 6. The molecule has 1 aromatic heterocycles. The molecule has 1 rings (SSSR count). The average molecular weight is 289 g/mol. The third kappa shape index (κ3) is 5.68. The van der Waals surface area contributed by atoms with Crippen LogP contribution in [0.2, 0.25) is 0 Å². The molecule has 0 fully saturated rings. The smallest absolute Gasteiger partial charge is 0.314 e. The maximum absolute atomic E-state index is 10.9. The van der Waals surface area contributed by atoms with E-state index in [1.807, 2.05) is 0 Å². The van der Waals surface area contributed by atoms with Gasteiger partial charge in [0.25, 0.3) is 0 Å². The van der Waals surface area contributed by atoms with E-state index in [-0.39, 0.29) is 12.0 Å². The molecule has 1 aromatic rings. The molecule has 0 unspecified atom stereocenters. The molecule has 6 N–H and O–H groups in total. The second-order valence-electron chi connectivity index (χ2n) is 3.09. The van der Waals surface area contributed by atoms with Gasteiger partial charge in [0.15, 0.2) is 11.8 Å². The topological polar surface area (TPSA) is 131 Å². The molecule has 2 amide bonds. The quantitative estimate of drug-likeness (QED) is 0.320. The number of urea groups is 1. The lowest BCUT2D eigenvalue weighted by atomic mass is 10.7. The van der Waals surface area contributed by atoms with Gasteiger partial charge in [0.2, 0.25) is 5.13 Å². The first-order valence-electron chi connectivity index (χ1n) is 5.07. The van der Waals surface area contributed by atoms with Crippen LogP contribution in [0.25, 0.3) is 0 Å². The minimum Gasteiger partial charge on any atom is -0.370 e. The third-order valence-electron chi connectivity index (χ3n) is 1.67. The molecular weight excluding hydrogens is 274 g/mol. The maximum Gasteiger partial charge on any atom is 0.314 e. The van der Waals surface area contributed by atoms with Gasteiger partial charge in [0.1, 0.15) is 0 Å². The van der Waals surface area contributed by atoms with E-state index in [1.165, 1.54) is 0 Å². The molecule has 0 radical (unpaired) electrons. The Labute approximate surface area is 113 Å². The van der Waals surface area contributed by atoms with E-state index in [0.717, 1.165) is 17.3 Å². The van der Waals surface area contributed by atoms with E-state index < -0.39 is 0 Å². The van der Waals surface area contributed by atoms with E-state index in [9.17, 15) is 4.79 Å². The van der Waals surface area contributed by atoms with Crippen LogP contribution < -0.4 is 22.1 Å². The van der Waals surface area contributed by atoms with Crippen LogP contribution in [-0.4, -0.2) is 40.7 Å². The summed E-state index contributed by atoms with van der Waals surface area (Å²) in [7, 11) is 1.58. The molecule has 0 saturated heterocycles. The Balaban J connectivity index is 2.21. The van der Waals surface area contributed by atoms with Gasteiger partial charge in [-0.3, -0.25) is 0 Å². The van der Waals surface area contributed by atoms with Gasteiger partial charge in [-0.25, -0.2) is 9.78 Å². The summed E-state index contributed by atoms with van der Waals surface area (Å²) in [6.07, 6.45) is 0. The number of aliphatic imine (C=N–C) groups is 1. The Morgan fingerprint density at radius 1 is 1.56 bits per heavy atom. The second kappa shape index (κ2) is 7.71. The highest BCUT2D eigenvalue weighted by Crippen LogP contribution is 2.17. The predicted octanol–water partition coefficient (Wildman–Crippen LogP) is -0.395. The zero-order valence-corrected chi connectivity index (χ0v) is 11.5. The van der Waals surface area contributed by atoms with Crippen molar-refractivity contribution in [1.29, 1.82) is 0 Å². The van der Waals surface area contributed by atoms with Gasteiger partial charge < -0.3 is 22.1 Å². The summed E-state index contributed by atoms with van der Waals surface area (Å²) in [4.78, 5) is 18.8. The fraction of sp³-hybridized carbons (Fsp3) is 0.500. The number of aromatic nitrogens is 2. The Hall–Kier alpha value is -1.55. The summed E-state index contributed by atoms with van der Waals surface area (Å²) >= 11 is 2.77. The van der Waals surface area contributed by atoms with Crippen molar-refractivity contribution in [3.8, 4) is 0 Å². The van der Waals surface area contributed by atoms with E-state index >= 15 is 0 Å². The van der Waals surface area contributed by atoms with E-state index in [4.69, 9.17) is 11.5 Å². The van der Waals surface area contributed by atoms with Crippen molar-refractivity contribution in [2.45, 2.75) is 5.75 Å². The minimum absolute atomic E-state index is 0.0277. The molecule has 8 nitrogen and oxygen atoms in total. The first-order valence-corrected chi connectivity index (χ1v) is 7.00. The molecule has 0 aromatic carbocycles. The summed E-state index contributed by atoms with van der Waals surface area (Å²) in [5.74, 6) is 2.10. The van der Waals surface area contributed by atoms with Gasteiger partial charge in [0.05, 0.1) is 5.75 Å². The highest BCUT2D eigenvalue weighted by atomic mass is 32.2. The molecule has 0 atom stereocenters. The molecule has 0 spiro atoms. The summed E-state index contributed by atoms with van der Waals surface area (Å²) in [5, 5.41) is 5.61. The van der Waals surface area contributed by atoms with Gasteiger partial charge in [-0.15, -0.1) is 0 Å². The van der Waals surface area contributed by atoms with Crippen LogP contribution in [0, 0.1) is 0 Å². The normalized spacial score (nSPS) is 9.83. The molecule has 100 valence electrons. The lowest BCUT2D eigenvalue weighted by Crippen LogP contribution is -2.34. The first-order chi connectivity index (χ1) is 8.61. The van der Waals surface area contributed by atoms with Crippen molar-refractivity contribution in [1.82, 2.24) is 20.0 Å². The van der Waals surface area contributed by atoms with Crippen molar-refractivity contribution >= 4 is 40.4 Å². The highest BCUT2D eigenvalue weighted by molar-refractivity contribution is 7.98. The summed E-state index contributed by atoms with van der Waals surface area (Å²) in [6.45, 7) is 0.592. The summed E-state index contributed by atoms with van der Waals surface area (Å²) < 4.78 is 4.11. The fourth-order valence-corrected chi connectivity index (χ4v) is 2.32. The van der Waals surface area contributed by atoms with Crippen LogP contribution in [0.5, 0.6) is 0 Å². The van der Waals surface area contributed by atoms with Crippen molar-refractivity contribution < 1.29 is 4.79 Å². The average Bonchev–Trinajstić information content (AvgIpc) is 2.75. The number of nitrogens with zero attached hydrogens (tertiary/aromatic N) is 3. The van der Waals surface area contributed by atoms with Gasteiger partial charge in [-0.05, 0) is 0 Å². The Kier molecular flexibility index (Phi) is 6.22. The molecule has 10 heteroatoms. The van der Waals surface area contributed by atoms with Gasteiger partial charge >= 0.3 is 6.03 Å². The summed E-state index contributed by atoms with van der Waals surface area (Å²) in [6, 6.07) is -0.183. The monoisotopic (exact) mass is 289 g/mol. The maximum atomic E-state index is 10.9. The zero-order valence-electron chi connectivity index (χ0n) is 9.84. The van der Waals surface area contributed by atoms with Crippen molar-refractivity contribution in [3.63, 3.8) is 0 Å². The molecule has 0 bridgehead atoms. The molecular formula is C8H15N7OS2. The van der Waals surface area contributed by atoms with E-state index in [2.05, 4.69) is 25.0 Å². The van der Waals surface area contributed by atoms with Crippen LogP contribution in [0.4, 0.5) is 9.93 Å². The fourth-order valence-electron chi connectivity index (χ4n) is 0.948. The molecule has 1 heterocycles. The number of carbonyl (C=O) groups is 1. The lowest BCUT2D eigenvalue weighted by Gasteiger charge is -2.02. The van der Waals surface area contributed by atoms with Crippen LogP contribution in [-0.2, 0) is 5.75 Å². The Morgan fingerprint density at radius 3 is 3.00 bits per heavy atom. The van der Waals surface area contributed by atoms with Gasteiger partial charge in [-0.1, -0.05) is 0 Å². The molecule has 0 aliphatic rings. The number of thioether (sulfide) groups is 1. The van der Waals surface area contributed by atoms with Gasteiger partial charge in [0, 0.05) is 30.9 Å². The number of nitrogens with one attached hydrogen (secondary N) is 2. The highest BCUT2D eigenvalue weighted by Gasteiger charge is 2.03. The third-order valence-corrected chi connectivity index (χ3v) is 3.28. The minimum atomic E-state index is -0.183. The summed E-state index contributed by atoms with van der Waals surface area (Å²) in [5.41, 5.74) is 10.5. The molecule has 0 aliphatic heterocycles. The SMILES string of the molecule is CNC(=O)NCCSCc1nsc(N=C(N)N)n1. The Bertz CT molecular complexity index is 415. The van der Waals surface area contributed by atoms with Crippen LogP contribution in [0.15, 0.2) is 4.99 Å². The predicted molar refractivity (Wildman–Crippen MR) is 74.0 cm³/mol. The van der Waals surface area contributed by atoms with Crippen LogP contribution >= 0.6 is 23.3 Å². The van der Waals surface area contributed by atoms with Crippen molar-refractivity contribution in [2.24, 2.45) is 16.5 Å². The standard InChI is InChI=1S/C8H15N7OS2/c1-11-7(16)12-2-3-17-4-5-13-8(18-15-5)14-6(9)10/h2-4H2,1H3,(H2,11,12,16)(H4,9,10,13,14,15). The number of nitrogens with two attached hydrogens (primary N) is 2. The lowest BCUT2D eigenvalue weighted by molar-refractivity contribution is 0.243. The molecule has 0 aliphatic carbocycles. The largest absolute Gasteiger partial charge is 0.370 e. The van der Waals surface area contributed by atoms with E-state index in [1.54, 1.807) is 18.8 Å². The number of hydrogen-bond acceptors (Lipinski definition) is 6. The Morgan fingerprint density at radius 2 is 2.33 bits per heavy atom. The zero-order chi connectivity index (χ0) is 13.4. The van der Waals surface area contributed by atoms with Crippen molar-refractivity contribution in [3.05, 3.63) is 5.82 Å². The van der Waals surface area contributed by atoms with Gasteiger partial charge in [-0.2, -0.15) is 21.1 Å². The second-order valence-corrected chi connectivity index (χ2v) is 4.92. The molecule has 18 heavy (non-hydrogen) atoms. The number of carbonyl (C=O) groups excluding carboxylic acids is 1. The molecule has 0 saturated carbocycles. The van der Waals surface area contributed by atoms with E-state index in [0.29, 0.717) is 23.3 Å². The van der Waals surface area contributed by atoms with Crippen molar-refractivity contribution in [2.75, 3.05) is 19.3 Å². The number of guanidine groups is 1. The number of amides is 2. The van der Waals surface area contributed by atoms with Crippen LogP contribution in [0.3, 0.4) is 0 Å². The number of hydrogen-bond donors (Lipinski definition) is 4.